The fourth-order valence-electron chi connectivity index (χ4n) is 2.69. The summed E-state index contributed by atoms with van der Waals surface area (Å²) in [5, 5.41) is 7.55. The second kappa shape index (κ2) is 11.6. The number of carboxylic acids is 1. The topological polar surface area (TPSA) is 158 Å². The molecule has 0 aliphatic carbocycles. The van der Waals surface area contributed by atoms with Crippen molar-refractivity contribution in [2.24, 2.45) is 11.5 Å². The maximum absolute atomic E-state index is 13.2. The molecule has 0 heterocycles. The second-order valence-corrected chi connectivity index (χ2v) is 9.00. The molecule has 0 radical (unpaired) electrons. The van der Waals surface area contributed by atoms with Crippen LogP contribution in [0, 0.1) is 0 Å². The van der Waals surface area contributed by atoms with Gasteiger partial charge in [-0.3, -0.25) is 19.2 Å². The Labute approximate surface area is 193 Å². The van der Waals surface area contributed by atoms with Crippen molar-refractivity contribution in [1.82, 2.24) is 0 Å². The SMILES string of the molecule is NC(=O)CC[C@](N)(C(=O)O)C(=O)C(CSC(=O)c1ccccc1)SC(=O)c1ccccc1. The van der Waals surface area contributed by atoms with Gasteiger partial charge in [0.2, 0.25) is 16.1 Å². The Hall–Kier alpha value is -2.95. The van der Waals surface area contributed by atoms with E-state index in [1.165, 1.54) is 0 Å². The maximum atomic E-state index is 13.2. The predicted octanol–water partition coefficient (Wildman–Crippen LogP) is 2.12. The zero-order valence-corrected chi connectivity index (χ0v) is 18.6. The fraction of sp³-hybridized carbons (Fsp3) is 0.227. The summed E-state index contributed by atoms with van der Waals surface area (Å²) in [7, 11) is 0. The quantitative estimate of drug-likeness (QED) is 0.415. The van der Waals surface area contributed by atoms with E-state index in [0.29, 0.717) is 22.9 Å². The largest absolute Gasteiger partial charge is 0.480 e. The molecule has 0 aliphatic rings. The number of rotatable bonds is 11. The van der Waals surface area contributed by atoms with Crippen LogP contribution in [0.25, 0.3) is 0 Å². The van der Waals surface area contributed by atoms with Gasteiger partial charge in [-0.15, -0.1) is 0 Å². The molecule has 0 saturated carbocycles. The van der Waals surface area contributed by atoms with E-state index in [2.05, 4.69) is 0 Å². The molecule has 0 bridgehead atoms. The molecule has 2 aromatic rings. The number of hydrogen-bond acceptors (Lipinski definition) is 8. The van der Waals surface area contributed by atoms with Crippen LogP contribution in [0.4, 0.5) is 0 Å². The van der Waals surface area contributed by atoms with Crippen LogP contribution in [-0.2, 0) is 14.4 Å². The molecule has 8 nitrogen and oxygen atoms in total. The lowest BCUT2D eigenvalue weighted by Gasteiger charge is -2.27. The van der Waals surface area contributed by atoms with Crippen LogP contribution >= 0.6 is 23.5 Å². The number of carboxylic acid groups (broad SMARTS) is 1. The van der Waals surface area contributed by atoms with Gasteiger partial charge < -0.3 is 16.6 Å². The summed E-state index contributed by atoms with van der Waals surface area (Å²) in [5.74, 6) is -3.60. The Kier molecular flexibility index (Phi) is 9.18. The first-order chi connectivity index (χ1) is 15.1. The second-order valence-electron chi connectivity index (χ2n) is 6.83. The molecule has 0 aromatic heterocycles. The van der Waals surface area contributed by atoms with Crippen molar-refractivity contribution < 1.29 is 29.1 Å². The minimum atomic E-state index is -2.43. The Morgan fingerprint density at radius 3 is 1.84 bits per heavy atom. The summed E-state index contributed by atoms with van der Waals surface area (Å²) in [4.78, 5) is 61.3. The van der Waals surface area contributed by atoms with E-state index in [1.807, 2.05) is 0 Å². The highest BCUT2D eigenvalue weighted by molar-refractivity contribution is 8.18. The molecule has 0 aliphatic heterocycles. The third kappa shape index (κ3) is 6.78. The fourth-order valence-corrected chi connectivity index (χ4v) is 4.77. The van der Waals surface area contributed by atoms with Crippen molar-refractivity contribution in [2.75, 3.05) is 5.75 Å². The van der Waals surface area contributed by atoms with Gasteiger partial charge in [0.1, 0.15) is 0 Å². The van der Waals surface area contributed by atoms with Crippen LogP contribution < -0.4 is 11.5 Å². The molecule has 2 rings (SSSR count). The summed E-state index contributed by atoms with van der Waals surface area (Å²) >= 11 is 1.38. The molecule has 1 unspecified atom stereocenters. The van der Waals surface area contributed by atoms with Crippen LogP contribution in [-0.4, -0.2) is 49.5 Å². The molecule has 10 heteroatoms. The van der Waals surface area contributed by atoms with E-state index in [0.717, 1.165) is 11.8 Å². The van der Waals surface area contributed by atoms with Crippen molar-refractivity contribution in [2.45, 2.75) is 23.6 Å². The summed E-state index contributed by atoms with van der Waals surface area (Å²) in [6.07, 6.45) is -0.945. The van der Waals surface area contributed by atoms with Gasteiger partial charge in [-0.1, -0.05) is 84.2 Å². The van der Waals surface area contributed by atoms with E-state index in [1.54, 1.807) is 60.7 Å². The van der Waals surface area contributed by atoms with Gasteiger partial charge in [0.05, 0.1) is 5.25 Å². The van der Waals surface area contributed by atoms with Crippen LogP contribution in [0.2, 0.25) is 0 Å². The Balaban J connectivity index is 2.27. The van der Waals surface area contributed by atoms with Crippen LogP contribution in [0.3, 0.4) is 0 Å². The number of Topliss-reactive ketones (excluding diaryl/α,β-unsaturated/α-hetero) is 1. The van der Waals surface area contributed by atoms with Gasteiger partial charge in [0.25, 0.3) is 0 Å². The molecule has 0 saturated heterocycles. The summed E-state index contributed by atoms with van der Waals surface area (Å²) in [6.45, 7) is 0. The first-order valence-electron chi connectivity index (χ1n) is 9.48. The number of ketones is 1. The molecule has 168 valence electrons. The maximum Gasteiger partial charge on any atom is 0.331 e. The van der Waals surface area contributed by atoms with E-state index >= 15 is 0 Å². The third-order valence-corrected chi connectivity index (χ3v) is 6.84. The minimum Gasteiger partial charge on any atom is -0.480 e. The molecule has 2 aromatic carbocycles. The van der Waals surface area contributed by atoms with E-state index in [-0.39, 0.29) is 10.9 Å². The van der Waals surface area contributed by atoms with E-state index < -0.39 is 46.4 Å². The Bertz CT molecular complexity index is 1000. The van der Waals surface area contributed by atoms with Gasteiger partial charge in [-0.2, -0.15) is 0 Å². The zero-order chi connectivity index (χ0) is 23.7. The highest BCUT2D eigenvalue weighted by atomic mass is 32.2. The first-order valence-corrected chi connectivity index (χ1v) is 11.3. The van der Waals surface area contributed by atoms with Crippen LogP contribution in [0.5, 0.6) is 0 Å². The van der Waals surface area contributed by atoms with Crippen LogP contribution in [0.15, 0.2) is 60.7 Å². The molecule has 32 heavy (non-hydrogen) atoms. The van der Waals surface area contributed by atoms with Gasteiger partial charge in [-0.25, -0.2) is 4.79 Å². The average Bonchev–Trinajstić information content (AvgIpc) is 2.80. The number of hydrogen-bond donors (Lipinski definition) is 3. The number of aliphatic carboxylic acids is 1. The molecule has 0 spiro atoms. The average molecular weight is 475 g/mol. The van der Waals surface area contributed by atoms with Crippen molar-refractivity contribution in [3.8, 4) is 0 Å². The smallest absolute Gasteiger partial charge is 0.331 e. The first kappa shape index (κ1) is 25.3. The number of carbonyl (C=O) groups excluding carboxylic acids is 4. The van der Waals surface area contributed by atoms with E-state index in [4.69, 9.17) is 11.5 Å². The number of nitrogens with two attached hydrogens (primary N) is 2. The number of amides is 1. The number of carbonyl (C=O) groups is 5. The number of primary amides is 1. The number of thioether (sulfide) groups is 2. The number of benzene rings is 2. The van der Waals surface area contributed by atoms with Crippen molar-refractivity contribution in [3.05, 3.63) is 71.8 Å². The van der Waals surface area contributed by atoms with Crippen molar-refractivity contribution in [1.29, 1.82) is 0 Å². The lowest BCUT2D eigenvalue weighted by molar-refractivity contribution is -0.148. The monoisotopic (exact) mass is 474 g/mol. The normalized spacial score (nSPS) is 13.5. The Morgan fingerprint density at radius 2 is 1.38 bits per heavy atom. The summed E-state index contributed by atoms with van der Waals surface area (Å²) in [5.41, 5.74) is 9.26. The Morgan fingerprint density at radius 1 is 0.875 bits per heavy atom. The lowest BCUT2D eigenvalue weighted by atomic mass is 9.88. The van der Waals surface area contributed by atoms with Crippen molar-refractivity contribution in [3.63, 3.8) is 0 Å². The van der Waals surface area contributed by atoms with Gasteiger partial charge in [0, 0.05) is 23.3 Å². The molecular weight excluding hydrogens is 452 g/mol. The summed E-state index contributed by atoms with van der Waals surface area (Å²) in [6, 6.07) is 16.4. The van der Waals surface area contributed by atoms with E-state index in [9.17, 15) is 29.1 Å². The standard InChI is InChI=1S/C22H22N2O6S2/c23-17(25)11-12-22(24,21(29)30)18(26)16(32-20(28)15-9-5-2-6-10-15)13-31-19(27)14-7-3-1-4-8-14/h1-10,16H,11-13,24H2,(H2,23,25)(H,29,30)/t16?,22-/m1/s1. The molecule has 5 N–H and O–H groups in total. The highest BCUT2D eigenvalue weighted by Crippen LogP contribution is 2.28. The highest BCUT2D eigenvalue weighted by Gasteiger charge is 2.46. The minimum absolute atomic E-state index is 0.182. The van der Waals surface area contributed by atoms with Crippen LogP contribution in [0.1, 0.15) is 33.6 Å². The zero-order valence-electron chi connectivity index (χ0n) is 16.9. The van der Waals surface area contributed by atoms with Gasteiger partial charge in [0.15, 0.2) is 11.3 Å². The molecule has 0 fully saturated rings. The predicted molar refractivity (Wildman–Crippen MR) is 123 cm³/mol. The van der Waals surface area contributed by atoms with Gasteiger partial charge in [-0.05, 0) is 6.42 Å². The molecule has 1 amide bonds. The van der Waals surface area contributed by atoms with Crippen molar-refractivity contribution >= 4 is 51.4 Å². The van der Waals surface area contributed by atoms with Gasteiger partial charge >= 0.3 is 5.97 Å². The third-order valence-electron chi connectivity index (χ3n) is 4.51. The molecule has 2 atom stereocenters. The molecular formula is C22H22N2O6S2. The summed E-state index contributed by atoms with van der Waals surface area (Å²) < 4.78 is 0. The lowest BCUT2D eigenvalue weighted by Crippen LogP contribution is -2.58.